The summed E-state index contributed by atoms with van der Waals surface area (Å²) in [5.41, 5.74) is 0.179. The lowest BCUT2D eigenvalue weighted by molar-refractivity contribution is -0.191. The molecule has 0 bridgehead atoms. The van der Waals surface area contributed by atoms with Gasteiger partial charge in [-0.2, -0.15) is 13.2 Å². The molecule has 1 aliphatic rings. The third-order valence-electron chi connectivity index (χ3n) is 5.96. The highest BCUT2D eigenvalue weighted by molar-refractivity contribution is 6.03. The zero-order valence-corrected chi connectivity index (χ0v) is 17.8. The van der Waals surface area contributed by atoms with Gasteiger partial charge < -0.3 is 15.5 Å². The van der Waals surface area contributed by atoms with Crippen LogP contribution in [0.3, 0.4) is 0 Å². The first-order valence-corrected chi connectivity index (χ1v) is 10.1. The van der Waals surface area contributed by atoms with E-state index in [9.17, 15) is 28.2 Å². The van der Waals surface area contributed by atoms with Crippen molar-refractivity contribution in [3.63, 3.8) is 0 Å². The van der Waals surface area contributed by atoms with Crippen LogP contribution < -0.4 is 5.32 Å². The van der Waals surface area contributed by atoms with Gasteiger partial charge >= 0.3 is 6.18 Å². The fourth-order valence-electron chi connectivity index (χ4n) is 4.31. The second-order valence-corrected chi connectivity index (χ2v) is 8.38. The van der Waals surface area contributed by atoms with Crippen LogP contribution in [0.15, 0.2) is 30.8 Å². The maximum atomic E-state index is 13.8. The summed E-state index contributed by atoms with van der Waals surface area (Å²) in [6.45, 7) is 8.96. The molecule has 3 rings (SSSR count). The number of amides is 1. The second-order valence-electron chi connectivity index (χ2n) is 8.38. The lowest BCUT2D eigenvalue weighted by atomic mass is 9.89. The smallest absolute Gasteiger partial charge is 0.411 e. The molecule has 2 aromatic rings. The van der Waals surface area contributed by atoms with Crippen LogP contribution in [0.2, 0.25) is 0 Å². The van der Waals surface area contributed by atoms with E-state index in [1.807, 2.05) is 13.0 Å². The fraction of sp³-hybridized carbons (Fsp3) is 0.375. The van der Waals surface area contributed by atoms with Gasteiger partial charge in [0.15, 0.2) is 0 Å². The maximum Gasteiger partial charge on any atom is 0.411 e. The van der Waals surface area contributed by atoms with Crippen molar-refractivity contribution in [1.82, 2.24) is 5.32 Å². The predicted molar refractivity (Wildman–Crippen MR) is 114 cm³/mol. The number of phenols is 2. The first-order chi connectivity index (χ1) is 14.4. The summed E-state index contributed by atoms with van der Waals surface area (Å²) >= 11 is 0. The van der Waals surface area contributed by atoms with E-state index < -0.39 is 23.4 Å². The van der Waals surface area contributed by atoms with Crippen molar-refractivity contribution in [2.45, 2.75) is 58.2 Å². The number of halogens is 3. The third-order valence-corrected chi connectivity index (χ3v) is 5.96. The molecule has 2 aromatic carbocycles. The van der Waals surface area contributed by atoms with E-state index in [-0.39, 0.29) is 35.3 Å². The molecule has 0 spiro atoms. The van der Waals surface area contributed by atoms with Crippen LogP contribution in [0.1, 0.15) is 59.7 Å². The summed E-state index contributed by atoms with van der Waals surface area (Å²) in [7, 11) is 0. The SMILES string of the molecule is C=C(C)c1ccc(C)cc1-c1c(O)cc(C)c(C(=O)NC2(C(F)(F)F)CCCC2)c1O. The first-order valence-electron chi connectivity index (χ1n) is 10.1. The molecular formula is C24H26F3NO3. The molecular weight excluding hydrogens is 407 g/mol. The molecule has 1 amide bonds. The van der Waals surface area contributed by atoms with Crippen LogP contribution in [-0.2, 0) is 0 Å². The number of benzene rings is 2. The number of carbonyl (C=O) groups excluding carboxylic acids is 1. The standard InChI is InChI=1S/C24H26F3NO3/c1-13(2)16-8-7-14(3)11-17(16)20-18(29)12-15(4)19(21(20)30)22(31)28-23(24(25,26)27)9-5-6-10-23/h7-8,11-12,29-30H,1,5-6,9-10H2,2-4H3,(H,28,31). The number of hydrogen-bond donors (Lipinski definition) is 3. The Morgan fingerprint density at radius 1 is 1.13 bits per heavy atom. The number of hydrogen-bond acceptors (Lipinski definition) is 3. The van der Waals surface area contributed by atoms with Gasteiger partial charge in [-0.05, 0) is 56.4 Å². The van der Waals surface area contributed by atoms with E-state index in [0.717, 1.165) is 5.56 Å². The number of allylic oxidation sites excluding steroid dienone is 1. The molecule has 1 saturated carbocycles. The van der Waals surface area contributed by atoms with E-state index in [1.165, 1.54) is 13.0 Å². The Kier molecular flexibility index (Phi) is 5.82. The van der Waals surface area contributed by atoms with Gasteiger partial charge in [0.1, 0.15) is 17.0 Å². The number of carbonyl (C=O) groups is 1. The molecule has 3 N–H and O–H groups in total. The van der Waals surface area contributed by atoms with Crippen molar-refractivity contribution in [3.05, 3.63) is 53.1 Å². The van der Waals surface area contributed by atoms with Gasteiger partial charge in [0.05, 0.1) is 11.1 Å². The number of aryl methyl sites for hydroxylation is 2. The average Bonchev–Trinajstić information content (AvgIpc) is 3.10. The Morgan fingerprint density at radius 3 is 2.29 bits per heavy atom. The quantitative estimate of drug-likeness (QED) is 0.552. The van der Waals surface area contributed by atoms with Crippen molar-refractivity contribution in [2.24, 2.45) is 0 Å². The molecule has 4 nitrogen and oxygen atoms in total. The molecule has 0 aromatic heterocycles. The van der Waals surface area contributed by atoms with Gasteiger partial charge in [-0.25, -0.2) is 0 Å². The summed E-state index contributed by atoms with van der Waals surface area (Å²) in [6, 6.07) is 6.63. The molecule has 0 unspecified atom stereocenters. The number of alkyl halides is 3. The molecule has 0 atom stereocenters. The molecule has 0 saturated heterocycles. The molecule has 0 radical (unpaired) electrons. The number of rotatable bonds is 4. The second kappa shape index (κ2) is 7.94. The third kappa shape index (κ3) is 4.01. The first kappa shape index (κ1) is 22.7. The summed E-state index contributed by atoms with van der Waals surface area (Å²) < 4.78 is 41.3. The minimum atomic E-state index is -4.61. The van der Waals surface area contributed by atoms with Crippen molar-refractivity contribution in [3.8, 4) is 22.6 Å². The van der Waals surface area contributed by atoms with E-state index >= 15 is 0 Å². The highest BCUT2D eigenvalue weighted by Crippen LogP contribution is 2.46. The van der Waals surface area contributed by atoms with Crippen molar-refractivity contribution < 1.29 is 28.2 Å². The highest BCUT2D eigenvalue weighted by Gasteiger charge is 2.57. The van der Waals surface area contributed by atoms with Crippen LogP contribution in [0.25, 0.3) is 16.7 Å². The fourth-order valence-corrected chi connectivity index (χ4v) is 4.31. The van der Waals surface area contributed by atoms with Crippen LogP contribution in [-0.4, -0.2) is 27.8 Å². The van der Waals surface area contributed by atoms with Gasteiger partial charge in [-0.1, -0.05) is 48.8 Å². The van der Waals surface area contributed by atoms with Crippen LogP contribution in [0.4, 0.5) is 13.2 Å². The number of aromatic hydroxyl groups is 2. The van der Waals surface area contributed by atoms with Gasteiger partial charge in [0.25, 0.3) is 5.91 Å². The summed E-state index contributed by atoms with van der Waals surface area (Å²) in [5, 5.41) is 23.7. The Morgan fingerprint density at radius 2 is 1.74 bits per heavy atom. The Bertz CT molecular complexity index is 1050. The highest BCUT2D eigenvalue weighted by atomic mass is 19.4. The van der Waals surface area contributed by atoms with Gasteiger partial charge in [0, 0.05) is 0 Å². The van der Waals surface area contributed by atoms with Crippen LogP contribution >= 0.6 is 0 Å². The number of phenolic OH excluding ortho intramolecular Hbond substituents is 2. The molecule has 166 valence electrons. The molecule has 0 heterocycles. The zero-order chi connectivity index (χ0) is 23.1. The van der Waals surface area contributed by atoms with Crippen molar-refractivity contribution in [2.75, 3.05) is 0 Å². The minimum absolute atomic E-state index is 0.00932. The summed E-state index contributed by atoms with van der Waals surface area (Å²) in [5.74, 6) is -1.84. The normalized spacial score (nSPS) is 15.7. The van der Waals surface area contributed by atoms with Crippen LogP contribution in [0.5, 0.6) is 11.5 Å². The largest absolute Gasteiger partial charge is 0.507 e. The monoisotopic (exact) mass is 433 g/mol. The van der Waals surface area contributed by atoms with E-state index in [4.69, 9.17) is 0 Å². The maximum absolute atomic E-state index is 13.8. The molecule has 1 aliphatic carbocycles. The van der Waals surface area contributed by atoms with Gasteiger partial charge in [-0.15, -0.1) is 0 Å². The number of nitrogens with one attached hydrogen (secondary N) is 1. The van der Waals surface area contributed by atoms with E-state index in [0.29, 0.717) is 29.5 Å². The summed E-state index contributed by atoms with van der Waals surface area (Å²) in [6.07, 6.45) is -4.30. The van der Waals surface area contributed by atoms with Crippen molar-refractivity contribution >= 4 is 11.5 Å². The molecule has 31 heavy (non-hydrogen) atoms. The van der Waals surface area contributed by atoms with Gasteiger partial charge in [-0.3, -0.25) is 4.79 Å². The van der Waals surface area contributed by atoms with E-state index in [1.54, 1.807) is 19.1 Å². The molecule has 1 fully saturated rings. The van der Waals surface area contributed by atoms with Crippen LogP contribution in [0, 0.1) is 13.8 Å². The zero-order valence-electron chi connectivity index (χ0n) is 17.8. The Labute approximate surface area is 179 Å². The lowest BCUT2D eigenvalue weighted by Crippen LogP contribution is -2.57. The Hall–Kier alpha value is -2.96. The van der Waals surface area contributed by atoms with E-state index in [2.05, 4.69) is 11.9 Å². The summed E-state index contributed by atoms with van der Waals surface area (Å²) in [4.78, 5) is 13.0. The Balaban J connectivity index is 2.16. The minimum Gasteiger partial charge on any atom is -0.507 e. The predicted octanol–water partition coefficient (Wildman–Crippen LogP) is 6.02. The lowest BCUT2D eigenvalue weighted by Gasteiger charge is -2.33. The average molecular weight is 433 g/mol. The van der Waals surface area contributed by atoms with Crippen molar-refractivity contribution in [1.29, 1.82) is 0 Å². The van der Waals surface area contributed by atoms with Gasteiger partial charge in [0.2, 0.25) is 0 Å². The molecule has 0 aliphatic heterocycles. The molecule has 7 heteroatoms. The topological polar surface area (TPSA) is 69.6 Å².